The minimum Gasteiger partial charge on any atom is -0.481 e. The van der Waals surface area contributed by atoms with Crippen molar-refractivity contribution in [2.24, 2.45) is 0 Å². The monoisotopic (exact) mass is 319 g/mol. The quantitative estimate of drug-likeness (QED) is 0.867. The number of carbonyl (C=O) groups is 2. The summed E-state index contributed by atoms with van der Waals surface area (Å²) in [6.07, 6.45) is -0.613. The van der Waals surface area contributed by atoms with Crippen LogP contribution in [0.2, 0.25) is 0 Å². The molecule has 5 nitrogen and oxygen atoms in total. The molecule has 7 heteroatoms. The van der Waals surface area contributed by atoms with Crippen LogP contribution in [0.25, 0.3) is 0 Å². The van der Waals surface area contributed by atoms with E-state index >= 15 is 0 Å². The number of halogens is 2. The SMILES string of the molecule is CN(c1cc(Br)ccc1F)C(CC(=O)O)C(=O)O. The maximum absolute atomic E-state index is 13.6. The Bertz CT molecular complexity index is 480. The molecule has 0 heterocycles. The smallest absolute Gasteiger partial charge is 0.326 e. The molecular formula is C11H11BrFNO4. The third-order valence-electron chi connectivity index (χ3n) is 2.41. The maximum Gasteiger partial charge on any atom is 0.326 e. The van der Waals surface area contributed by atoms with Gasteiger partial charge in [0.15, 0.2) is 0 Å². The predicted octanol–water partition coefficient (Wildman–Crippen LogP) is 1.95. The third kappa shape index (κ3) is 3.43. The summed E-state index contributed by atoms with van der Waals surface area (Å²) in [4.78, 5) is 22.7. The van der Waals surface area contributed by atoms with Crippen molar-refractivity contribution < 1.29 is 24.2 Å². The molecule has 1 atom stereocenters. The van der Waals surface area contributed by atoms with Crippen LogP contribution in [0.3, 0.4) is 0 Å². The molecule has 0 aromatic heterocycles. The number of likely N-dealkylation sites (N-methyl/N-ethyl adjacent to an activating group) is 1. The fraction of sp³-hybridized carbons (Fsp3) is 0.273. The van der Waals surface area contributed by atoms with E-state index in [1.165, 1.54) is 25.2 Å². The van der Waals surface area contributed by atoms with Gasteiger partial charge in [-0.2, -0.15) is 0 Å². The molecule has 0 aliphatic carbocycles. The molecule has 1 unspecified atom stereocenters. The largest absolute Gasteiger partial charge is 0.481 e. The Morgan fingerprint density at radius 1 is 1.44 bits per heavy atom. The molecule has 0 spiro atoms. The van der Waals surface area contributed by atoms with E-state index < -0.39 is 30.2 Å². The predicted molar refractivity (Wildman–Crippen MR) is 66.2 cm³/mol. The molecule has 0 bridgehead atoms. The second kappa shape index (κ2) is 5.81. The van der Waals surface area contributed by atoms with Gasteiger partial charge in [0.2, 0.25) is 0 Å². The van der Waals surface area contributed by atoms with Crippen molar-refractivity contribution in [1.29, 1.82) is 0 Å². The summed E-state index contributed by atoms with van der Waals surface area (Å²) in [5.41, 5.74) is 0.0259. The molecular weight excluding hydrogens is 309 g/mol. The van der Waals surface area contributed by atoms with Gasteiger partial charge in [-0.1, -0.05) is 15.9 Å². The van der Waals surface area contributed by atoms with Gasteiger partial charge in [-0.25, -0.2) is 9.18 Å². The van der Waals surface area contributed by atoms with Crippen LogP contribution < -0.4 is 4.90 Å². The summed E-state index contributed by atoms with van der Waals surface area (Å²) in [5, 5.41) is 17.6. The average Bonchev–Trinajstić information content (AvgIpc) is 2.27. The first-order valence-electron chi connectivity index (χ1n) is 4.95. The lowest BCUT2D eigenvalue weighted by Crippen LogP contribution is -2.40. The van der Waals surface area contributed by atoms with Crippen LogP contribution in [0.5, 0.6) is 0 Å². The van der Waals surface area contributed by atoms with Crippen LogP contribution in [0.1, 0.15) is 6.42 Å². The number of anilines is 1. The van der Waals surface area contributed by atoms with Gasteiger partial charge in [-0.05, 0) is 18.2 Å². The average molecular weight is 320 g/mol. The Morgan fingerprint density at radius 3 is 2.56 bits per heavy atom. The molecule has 0 radical (unpaired) electrons. The first kappa shape index (κ1) is 14.4. The number of hydrogen-bond acceptors (Lipinski definition) is 3. The molecule has 0 amide bonds. The van der Waals surface area contributed by atoms with E-state index in [2.05, 4.69) is 15.9 Å². The van der Waals surface area contributed by atoms with E-state index in [0.717, 1.165) is 4.90 Å². The number of nitrogens with zero attached hydrogens (tertiary/aromatic N) is 1. The molecule has 0 aliphatic rings. The van der Waals surface area contributed by atoms with E-state index in [1.54, 1.807) is 0 Å². The standard InChI is InChI=1S/C11H11BrFNO4/c1-14(9(11(17)18)5-10(15)16)8-4-6(12)2-3-7(8)13/h2-4,9H,5H2,1H3,(H,15,16)(H,17,18). The molecule has 98 valence electrons. The van der Waals surface area contributed by atoms with Crippen molar-refractivity contribution in [3.05, 3.63) is 28.5 Å². The van der Waals surface area contributed by atoms with E-state index in [-0.39, 0.29) is 5.69 Å². The van der Waals surface area contributed by atoms with Crippen molar-refractivity contribution in [2.75, 3.05) is 11.9 Å². The second-order valence-electron chi connectivity index (χ2n) is 3.66. The Labute approximate surface area is 111 Å². The highest BCUT2D eigenvalue weighted by Crippen LogP contribution is 2.25. The lowest BCUT2D eigenvalue weighted by atomic mass is 10.1. The molecule has 0 saturated heterocycles. The van der Waals surface area contributed by atoms with Crippen LogP contribution >= 0.6 is 15.9 Å². The number of hydrogen-bond donors (Lipinski definition) is 2. The zero-order valence-corrected chi connectivity index (χ0v) is 11.0. The van der Waals surface area contributed by atoms with Gasteiger partial charge in [0, 0.05) is 11.5 Å². The van der Waals surface area contributed by atoms with Crippen molar-refractivity contribution in [1.82, 2.24) is 0 Å². The third-order valence-corrected chi connectivity index (χ3v) is 2.90. The molecule has 0 fully saturated rings. The maximum atomic E-state index is 13.6. The number of carboxylic acid groups (broad SMARTS) is 2. The zero-order valence-electron chi connectivity index (χ0n) is 9.43. The number of benzene rings is 1. The fourth-order valence-corrected chi connectivity index (χ4v) is 1.83. The van der Waals surface area contributed by atoms with Crippen LogP contribution in [-0.4, -0.2) is 35.2 Å². The first-order chi connectivity index (χ1) is 8.32. The zero-order chi connectivity index (χ0) is 13.9. The van der Waals surface area contributed by atoms with Crippen molar-refractivity contribution in [2.45, 2.75) is 12.5 Å². The van der Waals surface area contributed by atoms with E-state index in [9.17, 15) is 14.0 Å². The molecule has 1 aromatic rings. The summed E-state index contributed by atoms with van der Waals surface area (Å²) in [5.74, 6) is -3.19. The number of aliphatic carboxylic acids is 2. The second-order valence-corrected chi connectivity index (χ2v) is 4.57. The Morgan fingerprint density at radius 2 is 2.06 bits per heavy atom. The summed E-state index contributed by atoms with van der Waals surface area (Å²) in [7, 11) is 1.34. The van der Waals surface area contributed by atoms with Crippen LogP contribution in [0, 0.1) is 5.82 Å². The van der Waals surface area contributed by atoms with Gasteiger partial charge in [0.05, 0.1) is 12.1 Å². The van der Waals surface area contributed by atoms with Gasteiger partial charge in [-0.15, -0.1) is 0 Å². The first-order valence-corrected chi connectivity index (χ1v) is 5.74. The van der Waals surface area contributed by atoms with Gasteiger partial charge in [0.1, 0.15) is 11.9 Å². The number of rotatable bonds is 5. The summed E-state index contributed by atoms with van der Waals surface area (Å²) in [6, 6.07) is 2.72. The van der Waals surface area contributed by atoms with Gasteiger partial charge < -0.3 is 15.1 Å². The summed E-state index contributed by atoms with van der Waals surface area (Å²) < 4.78 is 14.2. The minimum absolute atomic E-state index is 0.0259. The lowest BCUT2D eigenvalue weighted by Gasteiger charge is -2.26. The molecule has 1 aromatic carbocycles. The molecule has 2 N–H and O–H groups in total. The Kier molecular flexibility index (Phi) is 4.66. The van der Waals surface area contributed by atoms with Crippen LogP contribution in [-0.2, 0) is 9.59 Å². The van der Waals surface area contributed by atoms with Crippen LogP contribution in [0.4, 0.5) is 10.1 Å². The van der Waals surface area contributed by atoms with Crippen molar-refractivity contribution in [3.8, 4) is 0 Å². The minimum atomic E-state index is -1.33. The topological polar surface area (TPSA) is 77.8 Å². The molecule has 0 aliphatic heterocycles. The highest BCUT2D eigenvalue weighted by atomic mass is 79.9. The summed E-state index contributed by atoms with van der Waals surface area (Å²) in [6.45, 7) is 0. The Balaban J connectivity index is 3.08. The highest BCUT2D eigenvalue weighted by molar-refractivity contribution is 9.10. The molecule has 0 saturated carbocycles. The number of carboxylic acids is 2. The van der Waals surface area contributed by atoms with Crippen LogP contribution in [0.15, 0.2) is 22.7 Å². The van der Waals surface area contributed by atoms with Gasteiger partial charge >= 0.3 is 11.9 Å². The Hall–Kier alpha value is -1.63. The summed E-state index contributed by atoms with van der Waals surface area (Å²) >= 11 is 3.14. The lowest BCUT2D eigenvalue weighted by molar-refractivity contribution is -0.145. The van der Waals surface area contributed by atoms with E-state index in [4.69, 9.17) is 10.2 Å². The van der Waals surface area contributed by atoms with E-state index in [0.29, 0.717) is 4.47 Å². The van der Waals surface area contributed by atoms with Gasteiger partial charge in [-0.3, -0.25) is 4.79 Å². The molecule has 1 rings (SSSR count). The normalized spacial score (nSPS) is 11.9. The van der Waals surface area contributed by atoms with Crippen molar-refractivity contribution >= 4 is 33.6 Å². The van der Waals surface area contributed by atoms with E-state index in [1.807, 2.05) is 0 Å². The fourth-order valence-electron chi connectivity index (χ4n) is 1.48. The van der Waals surface area contributed by atoms with Crippen molar-refractivity contribution in [3.63, 3.8) is 0 Å². The highest BCUT2D eigenvalue weighted by Gasteiger charge is 2.27. The van der Waals surface area contributed by atoms with Gasteiger partial charge in [0.25, 0.3) is 0 Å². The molecule has 18 heavy (non-hydrogen) atoms.